The zero-order valence-corrected chi connectivity index (χ0v) is 14.5. The summed E-state index contributed by atoms with van der Waals surface area (Å²) in [5.41, 5.74) is 1.09. The van der Waals surface area contributed by atoms with Gasteiger partial charge in [0.25, 0.3) is 0 Å². The van der Waals surface area contributed by atoms with E-state index in [1.807, 2.05) is 23.9 Å². The first kappa shape index (κ1) is 17.2. The number of ether oxygens (including phenoxy) is 1. The minimum atomic E-state index is -0.101. The van der Waals surface area contributed by atoms with Crippen molar-refractivity contribution < 1.29 is 9.53 Å². The molecule has 0 bridgehead atoms. The predicted octanol–water partition coefficient (Wildman–Crippen LogP) is 2.18. The SMILES string of the molecule is COc1ccc(C(C)(C)CNC(=O)CC2CSCCN2)cc1. The minimum absolute atomic E-state index is 0.101. The zero-order chi connectivity index (χ0) is 16.0. The van der Waals surface area contributed by atoms with Gasteiger partial charge in [-0.25, -0.2) is 0 Å². The lowest BCUT2D eigenvalue weighted by molar-refractivity contribution is -0.121. The maximum Gasteiger partial charge on any atom is 0.221 e. The van der Waals surface area contributed by atoms with Crippen molar-refractivity contribution in [3.8, 4) is 5.75 Å². The zero-order valence-electron chi connectivity index (χ0n) is 13.6. The van der Waals surface area contributed by atoms with E-state index in [1.165, 1.54) is 5.56 Å². The van der Waals surface area contributed by atoms with Crippen molar-refractivity contribution >= 4 is 17.7 Å². The van der Waals surface area contributed by atoms with Crippen LogP contribution in [0.25, 0.3) is 0 Å². The molecular formula is C17H26N2O2S. The first-order chi connectivity index (χ1) is 10.5. The number of nitrogens with one attached hydrogen (secondary N) is 2. The van der Waals surface area contributed by atoms with Gasteiger partial charge in [-0.1, -0.05) is 26.0 Å². The number of hydrogen-bond donors (Lipinski definition) is 2. The maximum absolute atomic E-state index is 12.1. The summed E-state index contributed by atoms with van der Waals surface area (Å²) in [6.45, 7) is 5.92. The second-order valence-corrected chi connectivity index (χ2v) is 7.47. The van der Waals surface area contributed by atoms with Gasteiger partial charge in [0.05, 0.1) is 7.11 Å². The van der Waals surface area contributed by atoms with Gasteiger partial charge in [-0.2, -0.15) is 11.8 Å². The standard InChI is InChI=1S/C17H26N2O2S/c1-17(2,13-4-6-15(21-3)7-5-13)12-19-16(20)10-14-11-22-9-8-18-14/h4-7,14,18H,8-12H2,1-3H3,(H,19,20). The van der Waals surface area contributed by atoms with E-state index in [-0.39, 0.29) is 11.3 Å². The van der Waals surface area contributed by atoms with Crippen LogP contribution < -0.4 is 15.4 Å². The maximum atomic E-state index is 12.1. The highest BCUT2D eigenvalue weighted by molar-refractivity contribution is 7.99. The Balaban J connectivity index is 1.83. The number of hydrogen-bond acceptors (Lipinski definition) is 4. The fourth-order valence-electron chi connectivity index (χ4n) is 2.51. The summed E-state index contributed by atoms with van der Waals surface area (Å²) in [6, 6.07) is 8.35. The summed E-state index contributed by atoms with van der Waals surface area (Å²) in [4.78, 5) is 12.1. The number of rotatable bonds is 6. The van der Waals surface area contributed by atoms with Gasteiger partial charge in [0.2, 0.25) is 5.91 Å². The molecule has 5 heteroatoms. The summed E-state index contributed by atoms with van der Waals surface area (Å²) in [5, 5.41) is 6.47. The van der Waals surface area contributed by atoms with Gasteiger partial charge >= 0.3 is 0 Å². The van der Waals surface area contributed by atoms with Crippen LogP contribution in [-0.4, -0.2) is 43.7 Å². The second kappa shape index (κ2) is 7.88. The number of amides is 1. The molecular weight excluding hydrogens is 296 g/mol. The molecule has 1 aliphatic rings. The third-order valence-electron chi connectivity index (χ3n) is 4.03. The van der Waals surface area contributed by atoms with Crippen LogP contribution in [0.3, 0.4) is 0 Å². The lowest BCUT2D eigenvalue weighted by Gasteiger charge is -2.27. The van der Waals surface area contributed by atoms with Crippen molar-refractivity contribution in [3.05, 3.63) is 29.8 Å². The lowest BCUT2D eigenvalue weighted by Crippen LogP contribution is -2.43. The van der Waals surface area contributed by atoms with Gasteiger partial charge < -0.3 is 15.4 Å². The Morgan fingerprint density at radius 1 is 1.41 bits per heavy atom. The van der Waals surface area contributed by atoms with Crippen LogP contribution in [0.15, 0.2) is 24.3 Å². The molecule has 1 aromatic carbocycles. The number of carbonyl (C=O) groups excluding carboxylic acids is 1. The summed E-state index contributed by atoms with van der Waals surface area (Å²) in [5.74, 6) is 3.14. The van der Waals surface area contributed by atoms with Crippen molar-refractivity contribution in [2.24, 2.45) is 0 Å². The molecule has 1 heterocycles. The highest BCUT2D eigenvalue weighted by Gasteiger charge is 2.23. The van der Waals surface area contributed by atoms with E-state index in [0.717, 1.165) is 23.8 Å². The molecule has 0 saturated carbocycles. The normalized spacial score (nSPS) is 18.8. The Morgan fingerprint density at radius 2 is 2.14 bits per heavy atom. The molecule has 1 saturated heterocycles. The van der Waals surface area contributed by atoms with Gasteiger partial charge in [0.1, 0.15) is 5.75 Å². The first-order valence-electron chi connectivity index (χ1n) is 7.73. The number of benzene rings is 1. The first-order valence-corrected chi connectivity index (χ1v) is 8.89. The highest BCUT2D eigenvalue weighted by atomic mass is 32.2. The molecule has 1 amide bonds. The van der Waals surface area contributed by atoms with Crippen LogP contribution in [0.1, 0.15) is 25.8 Å². The van der Waals surface area contributed by atoms with Crippen LogP contribution in [0, 0.1) is 0 Å². The summed E-state index contributed by atoms with van der Waals surface area (Å²) in [6.07, 6.45) is 0.561. The molecule has 0 radical (unpaired) electrons. The highest BCUT2D eigenvalue weighted by Crippen LogP contribution is 2.24. The number of thioether (sulfide) groups is 1. The molecule has 1 unspecified atom stereocenters. The van der Waals surface area contributed by atoms with Gasteiger partial charge in [-0.15, -0.1) is 0 Å². The molecule has 0 aliphatic carbocycles. The monoisotopic (exact) mass is 322 g/mol. The molecule has 1 aromatic rings. The molecule has 0 spiro atoms. The third kappa shape index (κ3) is 4.92. The Morgan fingerprint density at radius 3 is 2.73 bits per heavy atom. The fourth-order valence-corrected chi connectivity index (χ4v) is 3.46. The quantitative estimate of drug-likeness (QED) is 0.843. The average molecular weight is 322 g/mol. The molecule has 1 fully saturated rings. The smallest absolute Gasteiger partial charge is 0.221 e. The Kier molecular flexibility index (Phi) is 6.15. The number of carbonyl (C=O) groups is 1. The van der Waals surface area contributed by atoms with E-state index >= 15 is 0 Å². The topological polar surface area (TPSA) is 50.4 Å². The second-order valence-electron chi connectivity index (χ2n) is 6.32. The fraction of sp³-hybridized carbons (Fsp3) is 0.588. The lowest BCUT2D eigenvalue weighted by atomic mass is 9.84. The van der Waals surface area contributed by atoms with Crippen molar-refractivity contribution in [2.75, 3.05) is 31.7 Å². The van der Waals surface area contributed by atoms with Gasteiger partial charge in [-0.05, 0) is 17.7 Å². The Hall–Kier alpha value is -1.20. The largest absolute Gasteiger partial charge is 0.497 e. The van der Waals surface area contributed by atoms with Gasteiger partial charge in [0, 0.05) is 42.5 Å². The average Bonchev–Trinajstić information content (AvgIpc) is 2.54. The van der Waals surface area contributed by atoms with Crippen LogP contribution >= 0.6 is 11.8 Å². The molecule has 1 aliphatic heterocycles. The van der Waals surface area contributed by atoms with E-state index in [0.29, 0.717) is 19.0 Å². The van der Waals surface area contributed by atoms with Crippen molar-refractivity contribution in [1.82, 2.24) is 10.6 Å². The van der Waals surface area contributed by atoms with Crippen LogP contribution in [-0.2, 0) is 10.2 Å². The van der Waals surface area contributed by atoms with Crippen LogP contribution in [0.4, 0.5) is 0 Å². The summed E-state index contributed by atoms with van der Waals surface area (Å²) < 4.78 is 5.19. The van der Waals surface area contributed by atoms with Gasteiger partial charge in [-0.3, -0.25) is 4.79 Å². The summed E-state index contributed by atoms with van der Waals surface area (Å²) >= 11 is 1.91. The van der Waals surface area contributed by atoms with Crippen LogP contribution in [0.2, 0.25) is 0 Å². The molecule has 2 rings (SSSR count). The Bertz CT molecular complexity index is 482. The molecule has 2 N–H and O–H groups in total. The third-order valence-corrected chi connectivity index (χ3v) is 5.16. The molecule has 4 nitrogen and oxygen atoms in total. The Labute approximate surface area is 137 Å². The molecule has 0 aromatic heterocycles. The van der Waals surface area contributed by atoms with E-state index in [4.69, 9.17) is 4.74 Å². The van der Waals surface area contributed by atoms with E-state index in [1.54, 1.807) is 7.11 Å². The van der Waals surface area contributed by atoms with Crippen molar-refractivity contribution in [3.63, 3.8) is 0 Å². The molecule has 22 heavy (non-hydrogen) atoms. The molecule has 1 atom stereocenters. The number of methoxy groups -OCH3 is 1. The van der Waals surface area contributed by atoms with Crippen LogP contribution in [0.5, 0.6) is 5.75 Å². The van der Waals surface area contributed by atoms with Crippen molar-refractivity contribution in [1.29, 1.82) is 0 Å². The molecule has 122 valence electrons. The van der Waals surface area contributed by atoms with Crippen molar-refractivity contribution in [2.45, 2.75) is 31.7 Å². The van der Waals surface area contributed by atoms with E-state index in [9.17, 15) is 4.79 Å². The van der Waals surface area contributed by atoms with Gasteiger partial charge in [0.15, 0.2) is 0 Å². The minimum Gasteiger partial charge on any atom is -0.497 e. The predicted molar refractivity (Wildman–Crippen MR) is 92.8 cm³/mol. The van der Waals surface area contributed by atoms with E-state index < -0.39 is 0 Å². The van der Waals surface area contributed by atoms with E-state index in [2.05, 4.69) is 36.6 Å². The summed E-state index contributed by atoms with van der Waals surface area (Å²) in [7, 11) is 1.66.